The van der Waals surface area contributed by atoms with Crippen molar-refractivity contribution >= 4 is 9.84 Å². The Bertz CT molecular complexity index is 265. The lowest BCUT2D eigenvalue weighted by atomic mass is 9.94. The standard InChI is InChI=1S/C8H15NO2S/c10-12(11)6-2-4-8(7-12)3-1-5-9-8/h9H,1-7H2/t8-/m0/s1. The molecule has 0 amide bonds. The van der Waals surface area contributed by atoms with Gasteiger partial charge in [0.25, 0.3) is 0 Å². The third-order valence-corrected chi connectivity index (χ3v) is 4.84. The number of nitrogens with one attached hydrogen (secondary N) is 1. The summed E-state index contributed by atoms with van der Waals surface area (Å²) in [6, 6.07) is 0. The van der Waals surface area contributed by atoms with Gasteiger partial charge in [-0.15, -0.1) is 0 Å². The van der Waals surface area contributed by atoms with Gasteiger partial charge in [0.2, 0.25) is 0 Å². The quantitative estimate of drug-likeness (QED) is 0.597. The van der Waals surface area contributed by atoms with Crippen LogP contribution >= 0.6 is 0 Å². The average molecular weight is 189 g/mol. The van der Waals surface area contributed by atoms with Crippen LogP contribution in [0.5, 0.6) is 0 Å². The van der Waals surface area contributed by atoms with Crippen LogP contribution in [0.15, 0.2) is 0 Å². The molecule has 3 nitrogen and oxygen atoms in total. The van der Waals surface area contributed by atoms with Gasteiger partial charge in [-0.1, -0.05) is 0 Å². The van der Waals surface area contributed by atoms with Crippen molar-refractivity contribution < 1.29 is 8.42 Å². The van der Waals surface area contributed by atoms with Gasteiger partial charge >= 0.3 is 0 Å². The fourth-order valence-corrected chi connectivity index (χ4v) is 4.36. The summed E-state index contributed by atoms with van der Waals surface area (Å²) in [7, 11) is -2.74. The molecule has 0 bridgehead atoms. The lowest BCUT2D eigenvalue weighted by Gasteiger charge is -2.33. The van der Waals surface area contributed by atoms with Crippen molar-refractivity contribution in [1.29, 1.82) is 0 Å². The molecular weight excluding hydrogens is 174 g/mol. The Hall–Kier alpha value is -0.0900. The van der Waals surface area contributed by atoms with Gasteiger partial charge < -0.3 is 5.32 Å². The lowest BCUT2D eigenvalue weighted by Crippen LogP contribution is -2.49. The molecule has 0 aliphatic carbocycles. The normalized spacial score (nSPS) is 40.3. The van der Waals surface area contributed by atoms with Gasteiger partial charge in [-0.05, 0) is 32.2 Å². The fraction of sp³-hybridized carbons (Fsp3) is 1.00. The third-order valence-electron chi connectivity index (χ3n) is 2.94. The van der Waals surface area contributed by atoms with Crippen LogP contribution in [0.2, 0.25) is 0 Å². The predicted molar refractivity (Wildman–Crippen MR) is 47.9 cm³/mol. The van der Waals surface area contributed by atoms with Gasteiger partial charge in [0.05, 0.1) is 11.5 Å². The van der Waals surface area contributed by atoms with Crippen molar-refractivity contribution in [3.05, 3.63) is 0 Å². The molecule has 0 saturated carbocycles. The zero-order valence-corrected chi connectivity index (χ0v) is 7.99. The summed E-state index contributed by atoms with van der Waals surface area (Å²) in [4.78, 5) is 0. The zero-order valence-electron chi connectivity index (χ0n) is 7.17. The molecule has 1 N–H and O–H groups in total. The van der Waals surface area contributed by atoms with E-state index in [1.54, 1.807) is 0 Å². The maximum atomic E-state index is 11.4. The molecule has 0 radical (unpaired) electrons. The minimum Gasteiger partial charge on any atom is -0.310 e. The van der Waals surface area contributed by atoms with Gasteiger partial charge in [0, 0.05) is 5.54 Å². The molecule has 0 unspecified atom stereocenters. The molecule has 0 aromatic heterocycles. The van der Waals surface area contributed by atoms with Crippen LogP contribution in [0, 0.1) is 0 Å². The molecule has 0 aromatic rings. The van der Waals surface area contributed by atoms with Crippen LogP contribution < -0.4 is 5.32 Å². The number of rotatable bonds is 0. The van der Waals surface area contributed by atoms with Crippen molar-refractivity contribution in [3.8, 4) is 0 Å². The maximum Gasteiger partial charge on any atom is 0.152 e. The number of hydrogen-bond donors (Lipinski definition) is 1. The summed E-state index contributed by atoms with van der Waals surface area (Å²) in [5.41, 5.74) is -0.0307. The van der Waals surface area contributed by atoms with E-state index in [2.05, 4.69) is 5.32 Å². The number of hydrogen-bond acceptors (Lipinski definition) is 3. The molecule has 2 aliphatic rings. The summed E-state index contributed by atoms with van der Waals surface area (Å²) in [6.45, 7) is 0.996. The van der Waals surface area contributed by atoms with E-state index in [4.69, 9.17) is 0 Å². The molecule has 12 heavy (non-hydrogen) atoms. The first-order valence-electron chi connectivity index (χ1n) is 4.57. The van der Waals surface area contributed by atoms with E-state index in [0.717, 1.165) is 32.2 Å². The van der Waals surface area contributed by atoms with Crippen LogP contribution in [0.25, 0.3) is 0 Å². The highest BCUT2D eigenvalue weighted by atomic mass is 32.2. The molecule has 4 heteroatoms. The van der Waals surface area contributed by atoms with E-state index in [-0.39, 0.29) is 5.54 Å². The Morgan fingerprint density at radius 2 is 1.92 bits per heavy atom. The second-order valence-corrected chi connectivity index (χ2v) is 6.19. The van der Waals surface area contributed by atoms with Crippen LogP contribution in [-0.4, -0.2) is 32.0 Å². The summed E-state index contributed by atoms with van der Waals surface area (Å²) in [5, 5.41) is 3.35. The van der Waals surface area contributed by atoms with Crippen molar-refractivity contribution in [2.45, 2.75) is 31.2 Å². The molecule has 2 saturated heterocycles. The molecule has 2 fully saturated rings. The first-order valence-corrected chi connectivity index (χ1v) is 6.40. The third kappa shape index (κ3) is 1.50. The summed E-state index contributed by atoms with van der Waals surface area (Å²) >= 11 is 0. The second-order valence-electron chi connectivity index (χ2n) is 4.01. The SMILES string of the molecule is O=S1(=O)CCC[C@@]2(CCCN2)C1. The van der Waals surface area contributed by atoms with E-state index < -0.39 is 9.84 Å². The largest absolute Gasteiger partial charge is 0.310 e. The highest BCUT2D eigenvalue weighted by molar-refractivity contribution is 7.91. The fourth-order valence-electron chi connectivity index (χ4n) is 2.40. The molecule has 2 heterocycles. The van der Waals surface area contributed by atoms with Crippen LogP contribution in [0.3, 0.4) is 0 Å². The topological polar surface area (TPSA) is 46.2 Å². The van der Waals surface area contributed by atoms with Gasteiger partial charge in [0.15, 0.2) is 9.84 Å². The van der Waals surface area contributed by atoms with Gasteiger partial charge in [-0.2, -0.15) is 0 Å². The van der Waals surface area contributed by atoms with Crippen molar-refractivity contribution in [2.24, 2.45) is 0 Å². The summed E-state index contributed by atoms with van der Waals surface area (Å²) < 4.78 is 22.7. The molecule has 1 atom stereocenters. The summed E-state index contributed by atoms with van der Waals surface area (Å²) in [5.74, 6) is 0.774. The molecule has 2 aliphatic heterocycles. The van der Waals surface area contributed by atoms with E-state index in [1.807, 2.05) is 0 Å². The molecular formula is C8H15NO2S. The van der Waals surface area contributed by atoms with Gasteiger partial charge in [-0.25, -0.2) is 8.42 Å². The van der Waals surface area contributed by atoms with Gasteiger partial charge in [-0.3, -0.25) is 0 Å². The van der Waals surface area contributed by atoms with Crippen LogP contribution in [0.4, 0.5) is 0 Å². The monoisotopic (exact) mass is 189 g/mol. The Labute approximate surface area is 73.5 Å². The smallest absolute Gasteiger partial charge is 0.152 e. The highest BCUT2D eigenvalue weighted by Crippen LogP contribution is 2.30. The summed E-state index contributed by atoms with van der Waals surface area (Å²) in [6.07, 6.45) is 4.07. The molecule has 70 valence electrons. The number of sulfone groups is 1. The van der Waals surface area contributed by atoms with E-state index in [9.17, 15) is 8.42 Å². The van der Waals surface area contributed by atoms with E-state index >= 15 is 0 Å². The highest BCUT2D eigenvalue weighted by Gasteiger charge is 2.40. The molecule has 0 aromatic carbocycles. The Kier molecular flexibility index (Phi) is 1.92. The first-order chi connectivity index (χ1) is 5.62. The Morgan fingerprint density at radius 1 is 1.17 bits per heavy atom. The predicted octanol–water partition coefficient (Wildman–Crippen LogP) is 0.317. The maximum absolute atomic E-state index is 11.4. The first kappa shape index (κ1) is 8.51. The Morgan fingerprint density at radius 3 is 2.50 bits per heavy atom. The van der Waals surface area contributed by atoms with Crippen molar-refractivity contribution in [2.75, 3.05) is 18.1 Å². The minimum absolute atomic E-state index is 0.0307. The van der Waals surface area contributed by atoms with Crippen LogP contribution in [0.1, 0.15) is 25.7 Å². The second kappa shape index (κ2) is 2.70. The van der Waals surface area contributed by atoms with Gasteiger partial charge in [0.1, 0.15) is 0 Å². The minimum atomic E-state index is -2.74. The molecule has 1 spiro atoms. The lowest BCUT2D eigenvalue weighted by molar-refractivity contribution is 0.367. The Balaban J connectivity index is 2.17. The average Bonchev–Trinajstić information content (AvgIpc) is 2.34. The van der Waals surface area contributed by atoms with E-state index in [0.29, 0.717) is 11.5 Å². The van der Waals surface area contributed by atoms with Crippen LogP contribution in [-0.2, 0) is 9.84 Å². The zero-order chi connectivity index (χ0) is 8.66. The van der Waals surface area contributed by atoms with Crippen molar-refractivity contribution in [3.63, 3.8) is 0 Å². The van der Waals surface area contributed by atoms with E-state index in [1.165, 1.54) is 0 Å². The van der Waals surface area contributed by atoms with Crippen molar-refractivity contribution in [1.82, 2.24) is 5.32 Å². The molecule has 2 rings (SSSR count).